The van der Waals surface area contributed by atoms with Gasteiger partial charge in [0.2, 0.25) is 15.9 Å². The number of rotatable bonds is 6. The maximum Gasteiger partial charge on any atom is 0.228 e. The minimum atomic E-state index is -3.48. The van der Waals surface area contributed by atoms with Gasteiger partial charge in [-0.05, 0) is 36.6 Å². The van der Waals surface area contributed by atoms with Crippen LogP contribution in [0.25, 0.3) is 0 Å². The minimum absolute atomic E-state index is 0.0593. The van der Waals surface area contributed by atoms with Gasteiger partial charge in [0, 0.05) is 18.8 Å². The van der Waals surface area contributed by atoms with Gasteiger partial charge in [0.25, 0.3) is 0 Å². The molecule has 1 aliphatic heterocycles. The van der Waals surface area contributed by atoms with E-state index in [1.807, 2.05) is 18.2 Å². The largest absolute Gasteiger partial charge is 0.495 e. The number of ether oxygens (including phenoxy) is 1. The Labute approximate surface area is 170 Å². The van der Waals surface area contributed by atoms with E-state index in [2.05, 4.69) is 5.32 Å². The molecule has 1 atom stereocenters. The van der Waals surface area contributed by atoms with Crippen LogP contribution >= 0.6 is 11.6 Å². The molecule has 2 aromatic rings. The van der Waals surface area contributed by atoms with Gasteiger partial charge in [0.05, 0.1) is 23.8 Å². The van der Waals surface area contributed by atoms with Crippen molar-refractivity contribution in [2.45, 2.75) is 18.6 Å². The van der Waals surface area contributed by atoms with E-state index < -0.39 is 15.9 Å². The number of carbonyl (C=O) groups is 1. The Bertz CT molecular complexity index is 934. The predicted octanol–water partition coefficient (Wildman–Crippen LogP) is 3.53. The first-order valence-corrected chi connectivity index (χ1v) is 11.0. The van der Waals surface area contributed by atoms with E-state index in [4.69, 9.17) is 16.3 Å². The van der Waals surface area contributed by atoms with Crippen LogP contribution in [-0.2, 0) is 20.6 Å². The second-order valence-corrected chi connectivity index (χ2v) is 9.15. The van der Waals surface area contributed by atoms with Crippen LogP contribution in [0.15, 0.2) is 48.5 Å². The van der Waals surface area contributed by atoms with E-state index in [-0.39, 0.29) is 18.2 Å². The van der Waals surface area contributed by atoms with E-state index in [0.29, 0.717) is 35.8 Å². The molecule has 0 saturated carbocycles. The third-order valence-corrected chi connectivity index (χ3v) is 6.87. The Balaban J connectivity index is 1.65. The smallest absolute Gasteiger partial charge is 0.228 e. The number of hydrogen-bond acceptors (Lipinski definition) is 4. The average Bonchev–Trinajstić information content (AvgIpc) is 2.69. The van der Waals surface area contributed by atoms with E-state index in [9.17, 15) is 13.2 Å². The third-order valence-electron chi connectivity index (χ3n) is 4.76. The first-order chi connectivity index (χ1) is 13.4. The maximum atomic E-state index is 12.8. The SMILES string of the molecule is COc1ccc(NC(=O)[C@@H]2CCCN(S(=O)(=O)Cc3ccccc3)C2)cc1Cl. The highest BCUT2D eigenvalue weighted by Crippen LogP contribution is 2.28. The van der Waals surface area contributed by atoms with Gasteiger partial charge >= 0.3 is 0 Å². The molecule has 2 aromatic carbocycles. The fourth-order valence-electron chi connectivity index (χ4n) is 3.27. The van der Waals surface area contributed by atoms with Gasteiger partial charge in [-0.25, -0.2) is 12.7 Å². The molecule has 1 N–H and O–H groups in total. The number of nitrogens with zero attached hydrogens (tertiary/aromatic N) is 1. The summed E-state index contributed by atoms with van der Waals surface area (Å²) in [6.07, 6.45) is 1.29. The molecule has 0 unspecified atom stereocenters. The van der Waals surface area contributed by atoms with E-state index in [0.717, 1.165) is 5.56 Å². The topological polar surface area (TPSA) is 75.7 Å². The highest BCUT2D eigenvalue weighted by molar-refractivity contribution is 7.88. The average molecular weight is 423 g/mol. The normalized spacial score (nSPS) is 17.9. The molecule has 0 spiro atoms. The minimum Gasteiger partial charge on any atom is -0.495 e. The molecule has 1 amide bonds. The fraction of sp³-hybridized carbons (Fsp3) is 0.350. The zero-order valence-electron chi connectivity index (χ0n) is 15.6. The quantitative estimate of drug-likeness (QED) is 0.772. The lowest BCUT2D eigenvalue weighted by molar-refractivity contribution is -0.120. The van der Waals surface area contributed by atoms with Crippen LogP contribution in [0.5, 0.6) is 5.75 Å². The van der Waals surface area contributed by atoms with Crippen LogP contribution in [-0.4, -0.2) is 38.8 Å². The fourth-order valence-corrected chi connectivity index (χ4v) is 5.14. The molecule has 0 aliphatic carbocycles. The molecule has 6 nitrogen and oxygen atoms in total. The molecule has 1 fully saturated rings. The first-order valence-electron chi connectivity index (χ1n) is 9.05. The summed E-state index contributed by atoms with van der Waals surface area (Å²) in [4.78, 5) is 12.7. The number of carbonyl (C=O) groups excluding carboxylic acids is 1. The molecule has 0 aromatic heterocycles. The van der Waals surface area contributed by atoms with Gasteiger partial charge in [-0.2, -0.15) is 0 Å². The lowest BCUT2D eigenvalue weighted by atomic mass is 9.98. The number of benzene rings is 2. The van der Waals surface area contributed by atoms with E-state index in [1.54, 1.807) is 30.3 Å². The van der Waals surface area contributed by atoms with E-state index in [1.165, 1.54) is 11.4 Å². The van der Waals surface area contributed by atoms with E-state index >= 15 is 0 Å². The molecule has 1 heterocycles. The van der Waals surface area contributed by atoms with Crippen molar-refractivity contribution in [3.63, 3.8) is 0 Å². The molecule has 150 valence electrons. The van der Waals surface area contributed by atoms with Crippen molar-refractivity contribution in [3.05, 3.63) is 59.1 Å². The highest BCUT2D eigenvalue weighted by atomic mass is 35.5. The Morgan fingerprint density at radius 3 is 2.68 bits per heavy atom. The van der Waals surface area contributed by atoms with Gasteiger partial charge < -0.3 is 10.1 Å². The van der Waals surface area contributed by atoms with Crippen molar-refractivity contribution in [1.82, 2.24) is 4.31 Å². The molecule has 3 rings (SSSR count). The molecule has 28 heavy (non-hydrogen) atoms. The number of anilines is 1. The van der Waals surface area contributed by atoms with Gasteiger partial charge in [-0.1, -0.05) is 41.9 Å². The van der Waals surface area contributed by atoms with Crippen LogP contribution in [0.2, 0.25) is 5.02 Å². The summed E-state index contributed by atoms with van der Waals surface area (Å²) in [6, 6.07) is 14.1. The van der Waals surface area contributed by atoms with Gasteiger partial charge in [-0.3, -0.25) is 4.79 Å². The van der Waals surface area contributed by atoms with Crippen LogP contribution in [0, 0.1) is 5.92 Å². The summed E-state index contributed by atoms with van der Waals surface area (Å²) in [5.74, 6) is -0.146. The van der Waals surface area contributed by atoms with Crippen LogP contribution < -0.4 is 10.1 Å². The predicted molar refractivity (Wildman–Crippen MR) is 110 cm³/mol. The van der Waals surface area contributed by atoms with Gasteiger partial charge in [0.15, 0.2) is 0 Å². The Kier molecular flexibility index (Phi) is 6.59. The number of amides is 1. The standard InChI is InChI=1S/C20H23ClN2O4S/c1-27-19-10-9-17(12-18(19)21)22-20(24)16-8-5-11-23(13-16)28(25,26)14-15-6-3-2-4-7-15/h2-4,6-7,9-10,12,16H,5,8,11,13-14H2,1H3,(H,22,24)/t16-/m1/s1. The summed E-state index contributed by atoms with van der Waals surface area (Å²) in [5, 5.41) is 3.22. The summed E-state index contributed by atoms with van der Waals surface area (Å²) in [7, 11) is -1.96. The summed E-state index contributed by atoms with van der Waals surface area (Å²) < 4.78 is 32.0. The third kappa shape index (κ3) is 5.04. The van der Waals surface area contributed by atoms with Crippen molar-refractivity contribution in [3.8, 4) is 5.75 Å². The van der Waals surface area contributed by atoms with Crippen LogP contribution in [0.3, 0.4) is 0 Å². The summed E-state index contributed by atoms with van der Waals surface area (Å²) in [5.41, 5.74) is 1.29. The monoisotopic (exact) mass is 422 g/mol. The molecule has 8 heteroatoms. The summed E-state index contributed by atoms with van der Waals surface area (Å²) in [6.45, 7) is 0.623. The Morgan fingerprint density at radius 1 is 1.25 bits per heavy atom. The van der Waals surface area contributed by atoms with Crippen LogP contribution in [0.4, 0.5) is 5.69 Å². The maximum absolute atomic E-state index is 12.8. The Morgan fingerprint density at radius 2 is 2.00 bits per heavy atom. The van der Waals surface area contributed by atoms with Crippen LogP contribution in [0.1, 0.15) is 18.4 Å². The highest BCUT2D eigenvalue weighted by Gasteiger charge is 2.32. The zero-order valence-corrected chi connectivity index (χ0v) is 17.2. The summed E-state index contributed by atoms with van der Waals surface area (Å²) >= 11 is 6.09. The molecule has 1 aliphatic rings. The zero-order chi connectivity index (χ0) is 20.1. The van der Waals surface area contributed by atoms with Crippen molar-refractivity contribution in [1.29, 1.82) is 0 Å². The molecule has 0 bridgehead atoms. The van der Waals surface area contributed by atoms with Crippen molar-refractivity contribution in [2.75, 3.05) is 25.5 Å². The molecule has 1 saturated heterocycles. The lowest BCUT2D eigenvalue weighted by Crippen LogP contribution is -2.44. The van der Waals surface area contributed by atoms with Crippen molar-refractivity contribution < 1.29 is 17.9 Å². The molecule has 0 radical (unpaired) electrons. The van der Waals surface area contributed by atoms with Gasteiger partial charge in [0.1, 0.15) is 5.75 Å². The van der Waals surface area contributed by atoms with Crippen molar-refractivity contribution >= 4 is 33.2 Å². The number of hydrogen-bond donors (Lipinski definition) is 1. The number of piperidine rings is 1. The lowest BCUT2D eigenvalue weighted by Gasteiger charge is -2.31. The molecular formula is C20H23ClN2O4S. The number of nitrogens with one attached hydrogen (secondary N) is 1. The van der Waals surface area contributed by atoms with Gasteiger partial charge in [-0.15, -0.1) is 0 Å². The second kappa shape index (κ2) is 8.94. The number of halogens is 1. The first kappa shape index (κ1) is 20.6. The molecular weight excluding hydrogens is 400 g/mol. The Hall–Kier alpha value is -2.09. The van der Waals surface area contributed by atoms with Crippen molar-refractivity contribution in [2.24, 2.45) is 5.92 Å². The number of methoxy groups -OCH3 is 1. The number of sulfonamides is 1. The second-order valence-electron chi connectivity index (χ2n) is 6.78.